The minimum absolute atomic E-state index is 0.0355. The molecule has 1 heterocycles. The fourth-order valence-corrected chi connectivity index (χ4v) is 2.29. The first-order valence-electron chi connectivity index (χ1n) is 7.31. The van der Waals surface area contributed by atoms with Crippen LogP contribution in [0.3, 0.4) is 0 Å². The SMILES string of the molecule is C=CCNC(=O)c1ccc(OCC(=O)N2CCCC2)c(N)c1. The molecule has 1 fully saturated rings. The van der Waals surface area contributed by atoms with Crippen molar-refractivity contribution in [1.82, 2.24) is 10.2 Å². The molecule has 3 N–H and O–H groups in total. The zero-order valence-corrected chi connectivity index (χ0v) is 12.5. The minimum atomic E-state index is -0.230. The van der Waals surface area contributed by atoms with E-state index in [1.807, 2.05) is 0 Å². The zero-order valence-electron chi connectivity index (χ0n) is 12.5. The van der Waals surface area contributed by atoms with Crippen LogP contribution in [0.25, 0.3) is 0 Å². The van der Waals surface area contributed by atoms with Crippen LogP contribution in [0, 0.1) is 0 Å². The quantitative estimate of drug-likeness (QED) is 0.610. The Hall–Kier alpha value is -2.50. The van der Waals surface area contributed by atoms with Crippen LogP contribution in [-0.4, -0.2) is 43.0 Å². The first kappa shape index (κ1) is 15.9. The summed E-state index contributed by atoms with van der Waals surface area (Å²) in [4.78, 5) is 25.5. The Morgan fingerprint density at radius 2 is 2.09 bits per heavy atom. The second-order valence-corrected chi connectivity index (χ2v) is 5.13. The van der Waals surface area contributed by atoms with Crippen LogP contribution in [0.5, 0.6) is 5.75 Å². The van der Waals surface area contributed by atoms with E-state index >= 15 is 0 Å². The molecule has 22 heavy (non-hydrogen) atoms. The summed E-state index contributed by atoms with van der Waals surface area (Å²) in [5.74, 6) is 0.142. The molecule has 1 aliphatic rings. The van der Waals surface area contributed by atoms with E-state index in [1.54, 1.807) is 23.1 Å². The van der Waals surface area contributed by atoms with Gasteiger partial charge in [0, 0.05) is 25.2 Å². The Bertz CT molecular complexity index is 566. The van der Waals surface area contributed by atoms with Gasteiger partial charge in [-0.15, -0.1) is 6.58 Å². The topological polar surface area (TPSA) is 84.7 Å². The summed E-state index contributed by atoms with van der Waals surface area (Å²) in [7, 11) is 0. The lowest BCUT2D eigenvalue weighted by molar-refractivity contribution is -0.132. The van der Waals surface area contributed by atoms with Crippen LogP contribution in [0.15, 0.2) is 30.9 Å². The molecule has 1 aliphatic heterocycles. The van der Waals surface area contributed by atoms with Crippen LogP contribution in [0.1, 0.15) is 23.2 Å². The Morgan fingerprint density at radius 3 is 2.73 bits per heavy atom. The predicted octanol–water partition coefficient (Wildman–Crippen LogP) is 1.19. The standard InChI is InChI=1S/C16H21N3O3/c1-2-7-18-16(21)12-5-6-14(13(17)10-12)22-11-15(20)19-8-3-4-9-19/h2,5-6,10H,1,3-4,7-9,11,17H2,(H,18,21). The van der Waals surface area contributed by atoms with Crippen molar-refractivity contribution in [3.05, 3.63) is 36.4 Å². The van der Waals surface area contributed by atoms with E-state index < -0.39 is 0 Å². The Balaban J connectivity index is 1.93. The average molecular weight is 303 g/mol. The summed E-state index contributed by atoms with van der Waals surface area (Å²) in [5.41, 5.74) is 6.65. The van der Waals surface area contributed by atoms with Crippen LogP contribution < -0.4 is 15.8 Å². The molecular formula is C16H21N3O3. The highest BCUT2D eigenvalue weighted by molar-refractivity contribution is 5.95. The largest absolute Gasteiger partial charge is 0.482 e. The Morgan fingerprint density at radius 1 is 1.36 bits per heavy atom. The molecule has 1 aromatic rings. The lowest BCUT2D eigenvalue weighted by Crippen LogP contribution is -2.32. The van der Waals surface area contributed by atoms with Crippen molar-refractivity contribution in [1.29, 1.82) is 0 Å². The first-order valence-corrected chi connectivity index (χ1v) is 7.31. The van der Waals surface area contributed by atoms with Crippen molar-refractivity contribution in [3.8, 4) is 5.75 Å². The van der Waals surface area contributed by atoms with Gasteiger partial charge in [-0.2, -0.15) is 0 Å². The van der Waals surface area contributed by atoms with Crippen molar-refractivity contribution in [2.75, 3.05) is 32.0 Å². The van der Waals surface area contributed by atoms with Gasteiger partial charge in [0.25, 0.3) is 11.8 Å². The number of benzene rings is 1. The van der Waals surface area contributed by atoms with Crippen LogP contribution in [-0.2, 0) is 4.79 Å². The van der Waals surface area contributed by atoms with Gasteiger partial charge in [0.15, 0.2) is 6.61 Å². The van der Waals surface area contributed by atoms with Crippen molar-refractivity contribution < 1.29 is 14.3 Å². The highest BCUT2D eigenvalue weighted by Gasteiger charge is 2.18. The van der Waals surface area contributed by atoms with Gasteiger partial charge in [0.05, 0.1) is 5.69 Å². The second-order valence-electron chi connectivity index (χ2n) is 5.13. The van der Waals surface area contributed by atoms with E-state index in [4.69, 9.17) is 10.5 Å². The number of carbonyl (C=O) groups excluding carboxylic acids is 2. The molecule has 6 nitrogen and oxygen atoms in total. The van der Waals surface area contributed by atoms with E-state index in [0.29, 0.717) is 23.5 Å². The second kappa shape index (κ2) is 7.49. The number of nitrogens with two attached hydrogens (primary N) is 1. The van der Waals surface area contributed by atoms with Gasteiger partial charge in [-0.25, -0.2) is 0 Å². The smallest absolute Gasteiger partial charge is 0.260 e. The number of ether oxygens (including phenoxy) is 1. The van der Waals surface area contributed by atoms with Crippen molar-refractivity contribution in [2.45, 2.75) is 12.8 Å². The summed E-state index contributed by atoms with van der Waals surface area (Å²) in [5, 5.41) is 2.67. The molecule has 0 aliphatic carbocycles. The molecule has 0 unspecified atom stereocenters. The number of anilines is 1. The molecule has 118 valence electrons. The van der Waals surface area contributed by atoms with E-state index in [0.717, 1.165) is 25.9 Å². The molecule has 0 bridgehead atoms. The van der Waals surface area contributed by atoms with Crippen molar-refractivity contribution in [3.63, 3.8) is 0 Å². The normalized spacial score (nSPS) is 13.7. The van der Waals surface area contributed by atoms with E-state index in [2.05, 4.69) is 11.9 Å². The molecular weight excluding hydrogens is 282 g/mol. The Labute approximate surface area is 129 Å². The Kier molecular flexibility index (Phi) is 5.41. The van der Waals surface area contributed by atoms with Gasteiger partial charge in [-0.1, -0.05) is 6.08 Å². The van der Waals surface area contributed by atoms with Crippen molar-refractivity contribution in [2.24, 2.45) is 0 Å². The molecule has 2 amide bonds. The summed E-state index contributed by atoms with van der Waals surface area (Å²) in [6.07, 6.45) is 3.69. The molecule has 0 aromatic heterocycles. The molecule has 0 spiro atoms. The van der Waals surface area contributed by atoms with Gasteiger partial charge in [-0.3, -0.25) is 9.59 Å². The van der Waals surface area contributed by atoms with Crippen LogP contribution in [0.2, 0.25) is 0 Å². The fourth-order valence-electron chi connectivity index (χ4n) is 2.29. The molecule has 0 atom stereocenters. The first-order chi connectivity index (χ1) is 10.6. The van der Waals surface area contributed by atoms with Gasteiger partial charge >= 0.3 is 0 Å². The number of hydrogen-bond donors (Lipinski definition) is 2. The van der Waals surface area contributed by atoms with E-state index in [-0.39, 0.29) is 18.4 Å². The molecule has 0 saturated carbocycles. The number of nitrogen functional groups attached to an aromatic ring is 1. The number of carbonyl (C=O) groups is 2. The van der Waals surface area contributed by atoms with Gasteiger partial charge in [-0.05, 0) is 31.0 Å². The highest BCUT2D eigenvalue weighted by atomic mass is 16.5. The number of nitrogens with zero attached hydrogens (tertiary/aromatic N) is 1. The maximum Gasteiger partial charge on any atom is 0.260 e. The van der Waals surface area contributed by atoms with Crippen LogP contribution in [0.4, 0.5) is 5.69 Å². The number of likely N-dealkylation sites (tertiary alicyclic amines) is 1. The molecule has 2 rings (SSSR count). The van der Waals surface area contributed by atoms with E-state index in [9.17, 15) is 9.59 Å². The van der Waals surface area contributed by atoms with E-state index in [1.165, 1.54) is 6.07 Å². The summed E-state index contributed by atoms with van der Waals surface area (Å²) >= 11 is 0. The molecule has 1 saturated heterocycles. The maximum absolute atomic E-state index is 11.9. The zero-order chi connectivity index (χ0) is 15.9. The monoisotopic (exact) mass is 303 g/mol. The van der Waals surface area contributed by atoms with Crippen molar-refractivity contribution >= 4 is 17.5 Å². The molecule has 0 radical (unpaired) electrons. The maximum atomic E-state index is 11.9. The summed E-state index contributed by atoms with van der Waals surface area (Å²) in [6.45, 7) is 5.47. The fraction of sp³-hybridized carbons (Fsp3) is 0.375. The number of amides is 2. The third-order valence-electron chi connectivity index (χ3n) is 3.49. The number of rotatable bonds is 6. The predicted molar refractivity (Wildman–Crippen MR) is 84.7 cm³/mol. The van der Waals surface area contributed by atoms with Gasteiger partial charge in [0.1, 0.15) is 5.75 Å². The molecule has 6 heteroatoms. The third kappa shape index (κ3) is 4.00. The summed E-state index contributed by atoms with van der Waals surface area (Å²) < 4.78 is 5.46. The lowest BCUT2D eigenvalue weighted by atomic mass is 10.1. The third-order valence-corrected chi connectivity index (χ3v) is 3.49. The number of hydrogen-bond acceptors (Lipinski definition) is 4. The van der Waals surface area contributed by atoms with Gasteiger partial charge in [0.2, 0.25) is 0 Å². The van der Waals surface area contributed by atoms with Gasteiger partial charge < -0.3 is 20.7 Å². The highest BCUT2D eigenvalue weighted by Crippen LogP contribution is 2.22. The average Bonchev–Trinajstić information content (AvgIpc) is 3.05. The number of nitrogens with one attached hydrogen (secondary N) is 1. The minimum Gasteiger partial charge on any atom is -0.482 e. The molecule has 1 aromatic carbocycles. The summed E-state index contributed by atoms with van der Waals surface area (Å²) in [6, 6.07) is 4.76. The lowest BCUT2D eigenvalue weighted by Gasteiger charge is -2.16. The van der Waals surface area contributed by atoms with Crippen LogP contribution >= 0.6 is 0 Å².